The molecule has 1 aromatic carbocycles. The zero-order valence-electron chi connectivity index (χ0n) is 9.91. The van der Waals surface area contributed by atoms with Gasteiger partial charge in [0.2, 0.25) is 0 Å². The molecule has 0 heterocycles. The van der Waals surface area contributed by atoms with Gasteiger partial charge in [-0.2, -0.15) is 0 Å². The van der Waals surface area contributed by atoms with E-state index in [9.17, 15) is 5.11 Å². The molecule has 0 aliphatic heterocycles. The number of nitrogens with one attached hydrogen (secondary N) is 1. The van der Waals surface area contributed by atoms with E-state index >= 15 is 0 Å². The highest BCUT2D eigenvalue weighted by atomic mass is 79.9. The third-order valence-corrected chi connectivity index (χ3v) is 3.49. The van der Waals surface area contributed by atoms with Crippen LogP contribution in [0.4, 0.5) is 0 Å². The molecule has 2 unspecified atom stereocenters. The lowest BCUT2D eigenvalue weighted by Crippen LogP contribution is -2.23. The number of halogens is 1. The van der Waals surface area contributed by atoms with Gasteiger partial charge in [-0.1, -0.05) is 41.1 Å². The highest BCUT2D eigenvalue weighted by Gasteiger charge is 2.08. The van der Waals surface area contributed by atoms with Crippen molar-refractivity contribution in [1.29, 1.82) is 0 Å². The Morgan fingerprint density at radius 1 is 1.38 bits per heavy atom. The minimum Gasteiger partial charge on any atom is -0.393 e. The van der Waals surface area contributed by atoms with Gasteiger partial charge in [-0.05, 0) is 37.9 Å². The first kappa shape index (κ1) is 13.7. The molecule has 0 spiro atoms. The maximum atomic E-state index is 9.45. The largest absolute Gasteiger partial charge is 0.393 e. The third kappa shape index (κ3) is 4.24. The summed E-state index contributed by atoms with van der Waals surface area (Å²) in [6.45, 7) is 4.98. The van der Waals surface area contributed by atoms with Crippen molar-refractivity contribution in [3.63, 3.8) is 0 Å². The Hall–Kier alpha value is -0.380. The van der Waals surface area contributed by atoms with Gasteiger partial charge >= 0.3 is 0 Å². The second-order valence-corrected chi connectivity index (χ2v) is 4.90. The maximum Gasteiger partial charge on any atom is 0.0549 e. The van der Waals surface area contributed by atoms with Crippen LogP contribution in [0.25, 0.3) is 0 Å². The Balaban J connectivity index is 2.41. The van der Waals surface area contributed by atoms with E-state index in [0.717, 1.165) is 23.9 Å². The van der Waals surface area contributed by atoms with E-state index in [1.165, 1.54) is 5.56 Å². The smallest absolute Gasteiger partial charge is 0.0549 e. The van der Waals surface area contributed by atoms with Gasteiger partial charge in [0.05, 0.1) is 6.10 Å². The first-order valence-corrected chi connectivity index (χ1v) is 6.60. The summed E-state index contributed by atoms with van der Waals surface area (Å²) < 4.78 is 1.13. The fourth-order valence-corrected chi connectivity index (χ4v) is 2.23. The first-order valence-electron chi connectivity index (χ1n) is 5.81. The van der Waals surface area contributed by atoms with Crippen molar-refractivity contribution >= 4 is 15.9 Å². The number of aliphatic hydroxyl groups excluding tert-OH is 1. The SMILES string of the molecule is CCC(O)CCNC(C)c1ccccc1Br. The average molecular weight is 286 g/mol. The minimum absolute atomic E-state index is 0.182. The summed E-state index contributed by atoms with van der Waals surface area (Å²) in [6.07, 6.45) is 1.45. The minimum atomic E-state index is -0.182. The van der Waals surface area contributed by atoms with Crippen molar-refractivity contribution in [1.82, 2.24) is 5.32 Å². The van der Waals surface area contributed by atoms with Crippen LogP contribution >= 0.6 is 15.9 Å². The van der Waals surface area contributed by atoms with Crippen LogP contribution in [0.5, 0.6) is 0 Å². The van der Waals surface area contributed by atoms with Crippen LogP contribution in [-0.2, 0) is 0 Å². The lowest BCUT2D eigenvalue weighted by molar-refractivity contribution is 0.159. The van der Waals surface area contributed by atoms with Crippen molar-refractivity contribution in [3.05, 3.63) is 34.3 Å². The summed E-state index contributed by atoms with van der Waals surface area (Å²) in [5.74, 6) is 0. The number of aliphatic hydroxyl groups is 1. The molecule has 0 radical (unpaired) electrons. The van der Waals surface area contributed by atoms with Crippen molar-refractivity contribution in [2.24, 2.45) is 0 Å². The second-order valence-electron chi connectivity index (χ2n) is 4.05. The molecule has 1 aromatic rings. The topological polar surface area (TPSA) is 32.3 Å². The molecule has 0 saturated carbocycles. The summed E-state index contributed by atoms with van der Waals surface area (Å²) in [5.41, 5.74) is 1.26. The molecule has 2 atom stereocenters. The number of hydrogen-bond acceptors (Lipinski definition) is 2. The van der Waals surface area contributed by atoms with E-state index in [0.29, 0.717) is 6.04 Å². The average Bonchev–Trinajstić information content (AvgIpc) is 2.29. The van der Waals surface area contributed by atoms with Gasteiger partial charge in [0, 0.05) is 10.5 Å². The number of benzene rings is 1. The Morgan fingerprint density at radius 2 is 2.06 bits per heavy atom. The summed E-state index contributed by atoms with van der Waals surface area (Å²) in [6, 6.07) is 8.52. The van der Waals surface area contributed by atoms with Gasteiger partial charge in [-0.15, -0.1) is 0 Å². The molecule has 0 aromatic heterocycles. The molecule has 0 amide bonds. The fraction of sp³-hybridized carbons (Fsp3) is 0.538. The van der Waals surface area contributed by atoms with Gasteiger partial charge in [0.25, 0.3) is 0 Å². The van der Waals surface area contributed by atoms with Gasteiger partial charge in [0.15, 0.2) is 0 Å². The lowest BCUT2D eigenvalue weighted by Gasteiger charge is -2.16. The van der Waals surface area contributed by atoms with Crippen molar-refractivity contribution < 1.29 is 5.11 Å². The predicted octanol–water partition coefficient (Wildman–Crippen LogP) is 3.26. The van der Waals surface area contributed by atoms with Crippen LogP contribution < -0.4 is 5.32 Å². The molecule has 0 bridgehead atoms. The first-order chi connectivity index (χ1) is 7.65. The van der Waals surface area contributed by atoms with Gasteiger partial charge in [0.1, 0.15) is 0 Å². The van der Waals surface area contributed by atoms with Gasteiger partial charge in [-0.3, -0.25) is 0 Å². The Kier molecular flexibility index (Phi) is 6.03. The molecule has 1 rings (SSSR count). The van der Waals surface area contributed by atoms with E-state index < -0.39 is 0 Å². The highest BCUT2D eigenvalue weighted by Crippen LogP contribution is 2.22. The highest BCUT2D eigenvalue weighted by molar-refractivity contribution is 9.10. The van der Waals surface area contributed by atoms with E-state index in [1.54, 1.807) is 0 Å². The monoisotopic (exact) mass is 285 g/mol. The van der Waals surface area contributed by atoms with Crippen LogP contribution in [0, 0.1) is 0 Å². The number of rotatable bonds is 6. The predicted molar refractivity (Wildman–Crippen MR) is 71.5 cm³/mol. The fourth-order valence-electron chi connectivity index (χ4n) is 1.61. The Bertz CT molecular complexity index is 317. The van der Waals surface area contributed by atoms with Crippen molar-refractivity contribution in [3.8, 4) is 0 Å². The Labute approximate surface area is 106 Å². The molecule has 2 nitrogen and oxygen atoms in total. The molecule has 0 aliphatic carbocycles. The Morgan fingerprint density at radius 3 is 2.69 bits per heavy atom. The zero-order valence-corrected chi connectivity index (χ0v) is 11.5. The molecule has 3 heteroatoms. The molecular weight excluding hydrogens is 266 g/mol. The van der Waals surface area contributed by atoms with Crippen LogP contribution in [0.15, 0.2) is 28.7 Å². The second kappa shape index (κ2) is 7.05. The molecule has 0 aliphatic rings. The quantitative estimate of drug-likeness (QED) is 0.841. The van der Waals surface area contributed by atoms with E-state index in [1.807, 2.05) is 19.1 Å². The van der Waals surface area contributed by atoms with E-state index in [4.69, 9.17) is 0 Å². The van der Waals surface area contributed by atoms with E-state index in [2.05, 4.69) is 40.3 Å². The van der Waals surface area contributed by atoms with Crippen molar-refractivity contribution in [2.45, 2.75) is 38.8 Å². The van der Waals surface area contributed by atoms with Crippen LogP contribution in [-0.4, -0.2) is 17.8 Å². The van der Waals surface area contributed by atoms with Crippen LogP contribution in [0.3, 0.4) is 0 Å². The summed E-state index contributed by atoms with van der Waals surface area (Å²) in [5, 5.41) is 12.9. The molecule has 0 saturated heterocycles. The van der Waals surface area contributed by atoms with E-state index in [-0.39, 0.29) is 6.10 Å². The molecule has 2 N–H and O–H groups in total. The van der Waals surface area contributed by atoms with Gasteiger partial charge in [-0.25, -0.2) is 0 Å². The van der Waals surface area contributed by atoms with Crippen molar-refractivity contribution in [2.75, 3.05) is 6.54 Å². The zero-order chi connectivity index (χ0) is 12.0. The standard InChI is InChI=1S/C13H20BrNO/c1-3-11(16)8-9-15-10(2)12-6-4-5-7-13(12)14/h4-7,10-11,15-16H,3,8-9H2,1-2H3. The summed E-state index contributed by atoms with van der Waals surface area (Å²) in [7, 11) is 0. The van der Waals surface area contributed by atoms with Crippen LogP contribution in [0.2, 0.25) is 0 Å². The van der Waals surface area contributed by atoms with Crippen LogP contribution in [0.1, 0.15) is 38.3 Å². The number of hydrogen-bond donors (Lipinski definition) is 2. The van der Waals surface area contributed by atoms with Gasteiger partial charge < -0.3 is 10.4 Å². The molecule has 0 fully saturated rings. The lowest BCUT2D eigenvalue weighted by atomic mass is 10.1. The summed E-state index contributed by atoms with van der Waals surface area (Å²) >= 11 is 3.54. The summed E-state index contributed by atoms with van der Waals surface area (Å²) in [4.78, 5) is 0. The maximum absolute atomic E-state index is 9.45. The third-order valence-electron chi connectivity index (χ3n) is 2.77. The molecule has 90 valence electrons. The normalized spacial score (nSPS) is 14.8. The molecule has 16 heavy (non-hydrogen) atoms. The molecular formula is C13H20BrNO.